The van der Waals surface area contributed by atoms with E-state index >= 15 is 0 Å². The minimum Gasteiger partial charge on any atom is -0.398 e. The lowest BCUT2D eigenvalue weighted by molar-refractivity contribution is 0.0665. The summed E-state index contributed by atoms with van der Waals surface area (Å²) in [5.74, 6) is -0.228. The summed E-state index contributed by atoms with van der Waals surface area (Å²) >= 11 is 0. The summed E-state index contributed by atoms with van der Waals surface area (Å²) in [5, 5.41) is 0. The summed E-state index contributed by atoms with van der Waals surface area (Å²) in [5.41, 5.74) is 6.35. The Balaban J connectivity index is 2.31. The van der Waals surface area contributed by atoms with Gasteiger partial charge in [-0.1, -0.05) is 0 Å². The van der Waals surface area contributed by atoms with Gasteiger partial charge in [-0.25, -0.2) is 13.1 Å². The molecule has 0 radical (unpaired) electrons. The molecule has 1 aromatic carbocycles. The van der Waals surface area contributed by atoms with Gasteiger partial charge in [0.05, 0.1) is 10.5 Å². The second kappa shape index (κ2) is 6.00. The van der Waals surface area contributed by atoms with E-state index in [1.54, 1.807) is 4.90 Å². The Labute approximate surface area is 124 Å². The Hall–Kier alpha value is -1.64. The van der Waals surface area contributed by atoms with Crippen LogP contribution in [-0.2, 0) is 10.0 Å². The zero-order valence-corrected chi connectivity index (χ0v) is 13.0. The van der Waals surface area contributed by atoms with Crippen molar-refractivity contribution in [1.82, 2.24) is 14.5 Å². The minimum absolute atomic E-state index is 0.0386. The van der Waals surface area contributed by atoms with E-state index < -0.39 is 10.0 Å². The zero-order valence-electron chi connectivity index (χ0n) is 12.2. The number of piperazine rings is 1. The third-order valence-electron chi connectivity index (χ3n) is 3.62. The highest BCUT2D eigenvalue weighted by Crippen LogP contribution is 2.20. The molecule has 116 valence electrons. The first-order valence-electron chi connectivity index (χ1n) is 6.66. The van der Waals surface area contributed by atoms with Crippen LogP contribution in [0.4, 0.5) is 5.69 Å². The van der Waals surface area contributed by atoms with Crippen LogP contribution in [0.5, 0.6) is 0 Å². The number of rotatable bonds is 3. The van der Waals surface area contributed by atoms with Crippen molar-refractivity contribution in [2.24, 2.45) is 0 Å². The van der Waals surface area contributed by atoms with E-state index in [9.17, 15) is 13.2 Å². The number of anilines is 1. The molecule has 1 amide bonds. The van der Waals surface area contributed by atoms with Crippen molar-refractivity contribution in [3.8, 4) is 0 Å². The molecule has 0 saturated carbocycles. The number of nitrogens with two attached hydrogens (primary N) is 1. The Morgan fingerprint density at radius 1 is 1.24 bits per heavy atom. The second-order valence-electron chi connectivity index (χ2n) is 5.05. The highest BCUT2D eigenvalue weighted by atomic mass is 32.2. The number of carbonyl (C=O) groups excluding carboxylic acids is 1. The number of carbonyl (C=O) groups is 1. The lowest BCUT2D eigenvalue weighted by atomic mass is 10.1. The third kappa shape index (κ3) is 3.34. The van der Waals surface area contributed by atoms with Crippen molar-refractivity contribution in [2.45, 2.75) is 4.90 Å². The average Bonchev–Trinajstić information content (AvgIpc) is 2.47. The molecule has 0 aliphatic carbocycles. The summed E-state index contributed by atoms with van der Waals surface area (Å²) in [6, 6.07) is 4.18. The van der Waals surface area contributed by atoms with Crippen molar-refractivity contribution < 1.29 is 13.2 Å². The van der Waals surface area contributed by atoms with Gasteiger partial charge in [0.2, 0.25) is 10.0 Å². The SMILES string of the molecule is CNS(=O)(=O)c1ccc(N)c(C(=O)N2CCN(C)CC2)c1. The van der Waals surface area contributed by atoms with Crippen LogP contribution < -0.4 is 10.5 Å². The second-order valence-corrected chi connectivity index (χ2v) is 6.94. The molecule has 1 saturated heterocycles. The summed E-state index contributed by atoms with van der Waals surface area (Å²) < 4.78 is 25.9. The molecule has 21 heavy (non-hydrogen) atoms. The van der Waals surface area contributed by atoms with E-state index in [0.717, 1.165) is 13.1 Å². The van der Waals surface area contributed by atoms with Crippen molar-refractivity contribution in [3.63, 3.8) is 0 Å². The molecule has 1 aliphatic rings. The molecule has 0 unspecified atom stereocenters. The fourth-order valence-corrected chi connectivity index (χ4v) is 2.94. The summed E-state index contributed by atoms with van der Waals surface area (Å²) in [7, 11) is -0.272. The predicted molar refractivity (Wildman–Crippen MR) is 80.5 cm³/mol. The van der Waals surface area contributed by atoms with Gasteiger partial charge in [0, 0.05) is 31.9 Å². The average molecular weight is 312 g/mol. The van der Waals surface area contributed by atoms with Gasteiger partial charge >= 0.3 is 0 Å². The van der Waals surface area contributed by atoms with E-state index in [1.165, 1.54) is 25.2 Å². The lowest BCUT2D eigenvalue weighted by Gasteiger charge is -2.32. The quantitative estimate of drug-likeness (QED) is 0.738. The lowest BCUT2D eigenvalue weighted by Crippen LogP contribution is -2.47. The maximum absolute atomic E-state index is 12.5. The van der Waals surface area contributed by atoms with E-state index in [4.69, 9.17) is 5.73 Å². The molecule has 0 atom stereocenters. The minimum atomic E-state index is -3.59. The fraction of sp³-hybridized carbons (Fsp3) is 0.462. The molecule has 8 heteroatoms. The van der Waals surface area contributed by atoms with E-state index in [0.29, 0.717) is 13.1 Å². The van der Waals surface area contributed by atoms with Crippen molar-refractivity contribution >= 4 is 21.6 Å². The Bertz CT molecular complexity index is 637. The van der Waals surface area contributed by atoms with Gasteiger partial charge in [-0.05, 0) is 32.3 Å². The van der Waals surface area contributed by atoms with Gasteiger partial charge in [-0.2, -0.15) is 0 Å². The number of hydrogen-bond donors (Lipinski definition) is 2. The zero-order chi connectivity index (χ0) is 15.6. The molecule has 3 N–H and O–H groups in total. The monoisotopic (exact) mass is 312 g/mol. The van der Waals surface area contributed by atoms with Crippen molar-refractivity contribution in [1.29, 1.82) is 0 Å². The third-order valence-corrected chi connectivity index (χ3v) is 5.04. The Kier molecular flexibility index (Phi) is 4.50. The summed E-state index contributed by atoms with van der Waals surface area (Å²) in [6.45, 7) is 2.80. The molecule has 0 aromatic heterocycles. The van der Waals surface area contributed by atoms with Gasteiger partial charge in [-0.3, -0.25) is 4.79 Å². The van der Waals surface area contributed by atoms with Crippen molar-refractivity contribution in [2.75, 3.05) is 46.0 Å². The van der Waals surface area contributed by atoms with Crippen LogP contribution in [0.25, 0.3) is 0 Å². The molecular formula is C13H20N4O3S. The molecule has 1 aromatic rings. The number of nitrogens with one attached hydrogen (secondary N) is 1. The standard InChI is InChI=1S/C13H20N4O3S/c1-15-21(19,20)10-3-4-12(14)11(9-10)13(18)17-7-5-16(2)6-8-17/h3-4,9,15H,5-8,14H2,1-2H3. The van der Waals surface area contributed by atoms with Gasteiger partial charge in [0.15, 0.2) is 0 Å². The Morgan fingerprint density at radius 2 is 1.86 bits per heavy atom. The molecule has 2 rings (SSSR count). The maximum Gasteiger partial charge on any atom is 0.256 e. The number of nitrogens with zero attached hydrogens (tertiary/aromatic N) is 2. The van der Waals surface area contributed by atoms with Crippen LogP contribution in [0, 0.1) is 0 Å². The highest BCUT2D eigenvalue weighted by molar-refractivity contribution is 7.89. The highest BCUT2D eigenvalue weighted by Gasteiger charge is 2.23. The number of hydrogen-bond acceptors (Lipinski definition) is 5. The van der Waals surface area contributed by atoms with Crippen LogP contribution in [0.1, 0.15) is 10.4 Å². The smallest absolute Gasteiger partial charge is 0.256 e. The first-order chi connectivity index (χ1) is 9.85. The van der Waals surface area contributed by atoms with Gasteiger partial charge in [0.1, 0.15) is 0 Å². The van der Waals surface area contributed by atoms with Crippen LogP contribution in [-0.4, -0.2) is 64.4 Å². The molecule has 1 heterocycles. The normalized spacial score (nSPS) is 17.0. The number of amides is 1. The van der Waals surface area contributed by atoms with E-state index in [-0.39, 0.29) is 22.1 Å². The molecule has 1 fully saturated rings. The van der Waals surface area contributed by atoms with Crippen LogP contribution >= 0.6 is 0 Å². The number of nitrogen functional groups attached to an aromatic ring is 1. The topological polar surface area (TPSA) is 95.7 Å². The number of likely N-dealkylation sites (N-methyl/N-ethyl adjacent to an activating group) is 1. The predicted octanol–water partition coefficient (Wildman–Crippen LogP) is -0.435. The van der Waals surface area contributed by atoms with Crippen LogP contribution in [0.3, 0.4) is 0 Å². The van der Waals surface area contributed by atoms with Crippen LogP contribution in [0.15, 0.2) is 23.1 Å². The number of sulfonamides is 1. The van der Waals surface area contributed by atoms with Gasteiger partial charge in [-0.15, -0.1) is 0 Å². The summed E-state index contributed by atoms with van der Waals surface area (Å²) in [6.07, 6.45) is 0. The Morgan fingerprint density at radius 3 is 2.43 bits per heavy atom. The number of benzene rings is 1. The van der Waals surface area contributed by atoms with Crippen LogP contribution in [0.2, 0.25) is 0 Å². The van der Waals surface area contributed by atoms with Crippen molar-refractivity contribution in [3.05, 3.63) is 23.8 Å². The molecule has 1 aliphatic heterocycles. The first kappa shape index (κ1) is 15.7. The molecule has 7 nitrogen and oxygen atoms in total. The largest absolute Gasteiger partial charge is 0.398 e. The fourth-order valence-electron chi connectivity index (χ4n) is 2.19. The summed E-state index contributed by atoms with van der Waals surface area (Å²) in [4.78, 5) is 16.4. The first-order valence-corrected chi connectivity index (χ1v) is 8.14. The maximum atomic E-state index is 12.5. The van der Waals surface area contributed by atoms with E-state index in [1.807, 2.05) is 7.05 Å². The van der Waals surface area contributed by atoms with E-state index in [2.05, 4.69) is 9.62 Å². The van der Waals surface area contributed by atoms with Gasteiger partial charge < -0.3 is 15.5 Å². The molecule has 0 spiro atoms. The molecule has 0 bridgehead atoms. The molecular weight excluding hydrogens is 292 g/mol. The van der Waals surface area contributed by atoms with Gasteiger partial charge in [0.25, 0.3) is 5.91 Å².